The number of amides is 1. The Morgan fingerprint density at radius 1 is 1.32 bits per heavy atom. The summed E-state index contributed by atoms with van der Waals surface area (Å²) in [5.74, 6) is 1.52. The van der Waals surface area contributed by atoms with Crippen LogP contribution in [-0.4, -0.2) is 33.4 Å². The van der Waals surface area contributed by atoms with Crippen molar-refractivity contribution in [2.75, 3.05) is 13.1 Å². The summed E-state index contributed by atoms with van der Waals surface area (Å²) >= 11 is 0. The number of hydrogen-bond acceptors (Lipinski definition) is 2. The highest BCUT2D eigenvalue weighted by atomic mass is 19.1. The second kappa shape index (κ2) is 6.28. The van der Waals surface area contributed by atoms with Crippen LogP contribution in [0.1, 0.15) is 37.1 Å². The van der Waals surface area contributed by atoms with Gasteiger partial charge in [0.1, 0.15) is 11.6 Å². The molecule has 2 aliphatic rings. The average Bonchev–Trinajstić information content (AvgIpc) is 3.34. The summed E-state index contributed by atoms with van der Waals surface area (Å²) in [6.45, 7) is 1.63. The van der Waals surface area contributed by atoms with E-state index in [-0.39, 0.29) is 11.7 Å². The normalized spacial score (nSPS) is 22.0. The lowest BCUT2D eigenvalue weighted by Crippen LogP contribution is -2.45. The minimum absolute atomic E-state index is 0.226. The van der Waals surface area contributed by atoms with Crippen molar-refractivity contribution in [3.8, 4) is 0 Å². The van der Waals surface area contributed by atoms with Crippen LogP contribution in [0.4, 0.5) is 4.39 Å². The molecule has 0 spiro atoms. The Morgan fingerprint density at radius 3 is 2.72 bits per heavy atom. The first-order valence-corrected chi connectivity index (χ1v) is 9.10. The maximum absolute atomic E-state index is 13.2. The van der Waals surface area contributed by atoms with Gasteiger partial charge in [0.15, 0.2) is 0 Å². The Balaban J connectivity index is 1.46. The number of carbonyl (C=O) groups is 1. The summed E-state index contributed by atoms with van der Waals surface area (Å²) in [5.41, 5.74) is 0.559. The number of benzene rings is 1. The highest BCUT2D eigenvalue weighted by molar-refractivity contribution is 5.91. The van der Waals surface area contributed by atoms with Gasteiger partial charge in [-0.05, 0) is 49.3 Å². The predicted molar refractivity (Wildman–Crippen MR) is 93.5 cm³/mol. The highest BCUT2D eigenvalue weighted by Crippen LogP contribution is 2.50. The van der Waals surface area contributed by atoms with Crippen molar-refractivity contribution in [2.24, 2.45) is 13.0 Å². The molecule has 1 saturated carbocycles. The summed E-state index contributed by atoms with van der Waals surface area (Å²) in [4.78, 5) is 19.6. The van der Waals surface area contributed by atoms with Gasteiger partial charge < -0.3 is 9.47 Å². The van der Waals surface area contributed by atoms with E-state index in [4.69, 9.17) is 0 Å². The topological polar surface area (TPSA) is 38.1 Å². The Hall–Kier alpha value is -2.17. The number of hydrogen-bond donors (Lipinski definition) is 0. The maximum Gasteiger partial charge on any atom is 0.233 e. The molecule has 1 aromatic heterocycles. The monoisotopic (exact) mass is 341 g/mol. The molecule has 2 heterocycles. The number of halogens is 1. The third kappa shape index (κ3) is 3.08. The Morgan fingerprint density at radius 2 is 2.08 bits per heavy atom. The van der Waals surface area contributed by atoms with Crippen LogP contribution >= 0.6 is 0 Å². The van der Waals surface area contributed by atoms with E-state index in [1.165, 1.54) is 12.1 Å². The molecule has 0 radical (unpaired) electrons. The lowest BCUT2D eigenvalue weighted by molar-refractivity contribution is -0.135. The minimum atomic E-state index is -0.404. The molecule has 2 fully saturated rings. The summed E-state index contributed by atoms with van der Waals surface area (Å²) in [6, 6.07) is 6.47. The summed E-state index contributed by atoms with van der Waals surface area (Å²) in [5, 5.41) is 0. The van der Waals surface area contributed by atoms with Crippen LogP contribution < -0.4 is 0 Å². The fourth-order valence-corrected chi connectivity index (χ4v) is 4.09. The van der Waals surface area contributed by atoms with Crippen molar-refractivity contribution in [3.63, 3.8) is 0 Å². The van der Waals surface area contributed by atoms with Gasteiger partial charge in [-0.15, -0.1) is 0 Å². The van der Waals surface area contributed by atoms with Crippen LogP contribution in [0.25, 0.3) is 0 Å². The molecule has 1 aromatic carbocycles. The van der Waals surface area contributed by atoms with Crippen LogP contribution in [-0.2, 0) is 23.7 Å². The van der Waals surface area contributed by atoms with Gasteiger partial charge in [-0.2, -0.15) is 0 Å². The van der Waals surface area contributed by atoms with Gasteiger partial charge in [-0.3, -0.25) is 4.79 Å². The summed E-state index contributed by atoms with van der Waals surface area (Å²) < 4.78 is 15.3. The van der Waals surface area contributed by atoms with E-state index >= 15 is 0 Å². The number of likely N-dealkylation sites (tertiary alicyclic amines) is 1. The number of imidazole rings is 1. The van der Waals surface area contributed by atoms with Gasteiger partial charge >= 0.3 is 0 Å². The molecule has 1 amide bonds. The first-order chi connectivity index (χ1) is 12.1. The molecule has 132 valence electrons. The second-order valence-corrected chi connectivity index (χ2v) is 7.51. The molecule has 4 rings (SSSR count). The largest absolute Gasteiger partial charge is 0.342 e. The standard InChI is InChI=1S/C20H24FN3O/c1-23-12-10-22-18(23)13-15-3-2-11-24(14-15)19(25)20(8-9-20)16-4-6-17(21)7-5-16/h4-7,10,12,15H,2-3,8-9,11,13-14H2,1H3. The zero-order valence-corrected chi connectivity index (χ0v) is 14.6. The number of piperidine rings is 1. The van der Waals surface area contributed by atoms with Gasteiger partial charge in [-0.1, -0.05) is 12.1 Å². The number of rotatable bonds is 4. The van der Waals surface area contributed by atoms with E-state index in [9.17, 15) is 9.18 Å². The molecule has 1 aliphatic carbocycles. The van der Waals surface area contributed by atoms with E-state index in [0.29, 0.717) is 5.92 Å². The van der Waals surface area contributed by atoms with Crippen molar-refractivity contribution in [2.45, 2.75) is 37.5 Å². The molecule has 0 N–H and O–H groups in total. The molecule has 1 saturated heterocycles. The summed E-state index contributed by atoms with van der Waals surface area (Å²) in [6.07, 6.45) is 8.64. The van der Waals surface area contributed by atoms with Gasteiger partial charge in [0.25, 0.3) is 0 Å². The minimum Gasteiger partial charge on any atom is -0.342 e. The van der Waals surface area contributed by atoms with Crippen molar-refractivity contribution >= 4 is 5.91 Å². The van der Waals surface area contributed by atoms with Crippen LogP contribution in [0.5, 0.6) is 0 Å². The zero-order chi connectivity index (χ0) is 17.4. The Bertz CT molecular complexity index is 764. The van der Waals surface area contributed by atoms with Gasteiger partial charge in [0.05, 0.1) is 5.41 Å². The molecule has 25 heavy (non-hydrogen) atoms. The number of aromatic nitrogens is 2. The fraction of sp³-hybridized carbons (Fsp3) is 0.500. The smallest absolute Gasteiger partial charge is 0.233 e. The lowest BCUT2D eigenvalue weighted by Gasteiger charge is -2.35. The third-order valence-electron chi connectivity index (χ3n) is 5.75. The van der Waals surface area contributed by atoms with Gasteiger partial charge in [-0.25, -0.2) is 9.37 Å². The van der Waals surface area contributed by atoms with Crippen LogP contribution in [0, 0.1) is 11.7 Å². The molecule has 0 bridgehead atoms. The quantitative estimate of drug-likeness (QED) is 0.857. The maximum atomic E-state index is 13.2. The van der Waals surface area contributed by atoms with Crippen molar-refractivity contribution in [3.05, 3.63) is 53.9 Å². The van der Waals surface area contributed by atoms with Gasteiger partial charge in [0, 0.05) is 39.0 Å². The highest BCUT2D eigenvalue weighted by Gasteiger charge is 2.53. The summed E-state index contributed by atoms with van der Waals surface area (Å²) in [7, 11) is 2.02. The molecule has 4 nitrogen and oxygen atoms in total. The molecule has 5 heteroatoms. The van der Waals surface area contributed by atoms with E-state index in [2.05, 4.69) is 9.55 Å². The molecule has 2 aromatic rings. The van der Waals surface area contributed by atoms with Crippen LogP contribution in [0.2, 0.25) is 0 Å². The molecule has 1 unspecified atom stereocenters. The Kier molecular flexibility index (Phi) is 4.10. The molecular formula is C20H24FN3O. The zero-order valence-electron chi connectivity index (χ0n) is 14.6. The van der Waals surface area contributed by atoms with E-state index < -0.39 is 5.41 Å². The molecule has 1 aliphatic heterocycles. The third-order valence-corrected chi connectivity index (χ3v) is 5.75. The number of nitrogens with zero attached hydrogens (tertiary/aromatic N) is 3. The van der Waals surface area contributed by atoms with E-state index in [1.807, 2.05) is 24.3 Å². The SMILES string of the molecule is Cn1ccnc1CC1CCCN(C(=O)C2(c3ccc(F)cc3)CC2)C1. The van der Waals surface area contributed by atoms with E-state index in [1.54, 1.807) is 12.1 Å². The number of aryl methyl sites for hydroxylation is 1. The average molecular weight is 341 g/mol. The first-order valence-electron chi connectivity index (χ1n) is 9.10. The fourth-order valence-electron chi connectivity index (χ4n) is 4.09. The van der Waals surface area contributed by atoms with Crippen molar-refractivity contribution < 1.29 is 9.18 Å². The lowest BCUT2D eigenvalue weighted by atomic mass is 9.90. The Labute approximate surface area is 147 Å². The first kappa shape index (κ1) is 16.3. The van der Waals surface area contributed by atoms with Crippen molar-refractivity contribution in [1.29, 1.82) is 0 Å². The van der Waals surface area contributed by atoms with Crippen LogP contribution in [0.15, 0.2) is 36.7 Å². The van der Waals surface area contributed by atoms with Crippen molar-refractivity contribution in [1.82, 2.24) is 14.5 Å². The molecular weight excluding hydrogens is 317 g/mol. The second-order valence-electron chi connectivity index (χ2n) is 7.51. The predicted octanol–water partition coefficient (Wildman–Crippen LogP) is 3.07. The number of carbonyl (C=O) groups excluding carboxylic acids is 1. The molecule has 1 atom stereocenters. The van der Waals surface area contributed by atoms with Crippen LogP contribution in [0.3, 0.4) is 0 Å². The van der Waals surface area contributed by atoms with E-state index in [0.717, 1.165) is 56.6 Å². The van der Waals surface area contributed by atoms with Gasteiger partial charge in [0.2, 0.25) is 5.91 Å².